The summed E-state index contributed by atoms with van der Waals surface area (Å²) in [6.45, 7) is 6.61. The Balaban J connectivity index is 0. The van der Waals surface area contributed by atoms with Crippen molar-refractivity contribution in [2.45, 2.75) is 26.8 Å². The molecule has 0 aliphatic rings. The molecule has 1 aromatic carbocycles. The van der Waals surface area contributed by atoms with Crippen LogP contribution in [0.25, 0.3) is 0 Å². The van der Waals surface area contributed by atoms with E-state index in [1.807, 2.05) is 39.0 Å². The van der Waals surface area contributed by atoms with Crippen LogP contribution >= 0.6 is 24.8 Å². The van der Waals surface area contributed by atoms with E-state index < -0.39 is 0 Å². The Morgan fingerprint density at radius 3 is 2.50 bits per heavy atom. The molecule has 0 radical (unpaired) electrons. The number of halogens is 2. The highest BCUT2D eigenvalue weighted by Gasteiger charge is 2.07. The minimum Gasteiger partial charge on any atom is -0.370 e. The average Bonchev–Trinajstić information content (AvgIpc) is 2.21. The first kappa shape index (κ1) is 19.4. The molecular formula is C12H22Cl2N4. The second-order valence-electron chi connectivity index (χ2n) is 3.79. The number of nitrogens with one attached hydrogen (secondary N) is 1. The lowest BCUT2D eigenvalue weighted by Gasteiger charge is -2.14. The Hall–Kier alpha value is -0.970. The molecular weight excluding hydrogens is 271 g/mol. The van der Waals surface area contributed by atoms with Gasteiger partial charge in [0.15, 0.2) is 5.96 Å². The Morgan fingerprint density at radius 1 is 1.39 bits per heavy atom. The van der Waals surface area contributed by atoms with Gasteiger partial charge in [-0.1, -0.05) is 12.1 Å². The number of hydrogen-bond donors (Lipinski definition) is 3. The summed E-state index contributed by atoms with van der Waals surface area (Å²) in [6, 6.07) is 5.98. The number of rotatable bonds is 3. The Morgan fingerprint density at radius 2 is 2.00 bits per heavy atom. The van der Waals surface area contributed by atoms with E-state index in [9.17, 15) is 0 Å². The van der Waals surface area contributed by atoms with Gasteiger partial charge in [0.1, 0.15) is 0 Å². The van der Waals surface area contributed by atoms with E-state index in [1.165, 1.54) is 0 Å². The number of guanidine groups is 1. The molecule has 0 bridgehead atoms. The zero-order valence-corrected chi connectivity index (χ0v) is 12.6. The van der Waals surface area contributed by atoms with Gasteiger partial charge in [-0.15, -0.1) is 24.8 Å². The lowest BCUT2D eigenvalue weighted by atomic mass is 10.0. The Labute approximate surface area is 121 Å². The molecule has 0 saturated carbocycles. The molecule has 1 aromatic rings. The van der Waals surface area contributed by atoms with Crippen LogP contribution in [0.5, 0.6) is 0 Å². The van der Waals surface area contributed by atoms with Gasteiger partial charge < -0.3 is 16.8 Å². The molecule has 1 atom stereocenters. The van der Waals surface area contributed by atoms with Crippen LogP contribution in [0.1, 0.15) is 31.0 Å². The van der Waals surface area contributed by atoms with Crippen molar-refractivity contribution in [3.8, 4) is 0 Å². The van der Waals surface area contributed by atoms with Crippen LogP contribution < -0.4 is 16.8 Å². The molecule has 0 aromatic heterocycles. The average molecular weight is 293 g/mol. The van der Waals surface area contributed by atoms with Gasteiger partial charge in [0, 0.05) is 18.3 Å². The Kier molecular flexibility index (Phi) is 9.71. The summed E-state index contributed by atoms with van der Waals surface area (Å²) in [5.41, 5.74) is 14.8. The summed E-state index contributed by atoms with van der Waals surface area (Å²) < 4.78 is 0. The smallest absolute Gasteiger partial charge is 0.193 e. The molecule has 0 amide bonds. The fourth-order valence-corrected chi connectivity index (χ4v) is 1.63. The number of aliphatic imine (C=N–C) groups is 1. The monoisotopic (exact) mass is 292 g/mol. The van der Waals surface area contributed by atoms with Crippen molar-refractivity contribution in [3.63, 3.8) is 0 Å². The van der Waals surface area contributed by atoms with Gasteiger partial charge in [0.05, 0.1) is 0 Å². The molecule has 1 unspecified atom stereocenters. The molecule has 18 heavy (non-hydrogen) atoms. The van der Waals surface area contributed by atoms with Gasteiger partial charge in [-0.05, 0) is 38.0 Å². The van der Waals surface area contributed by atoms with Crippen LogP contribution in [0.4, 0.5) is 5.69 Å². The van der Waals surface area contributed by atoms with E-state index in [-0.39, 0.29) is 30.9 Å². The van der Waals surface area contributed by atoms with Crippen molar-refractivity contribution in [2.75, 3.05) is 11.9 Å². The lowest BCUT2D eigenvalue weighted by molar-refractivity contribution is 0.810. The van der Waals surface area contributed by atoms with Crippen molar-refractivity contribution in [3.05, 3.63) is 29.3 Å². The van der Waals surface area contributed by atoms with Crippen molar-refractivity contribution in [1.29, 1.82) is 0 Å². The number of benzene rings is 1. The predicted molar refractivity (Wildman–Crippen MR) is 84.1 cm³/mol. The second-order valence-corrected chi connectivity index (χ2v) is 3.79. The summed E-state index contributed by atoms with van der Waals surface area (Å²) in [6.07, 6.45) is 0. The van der Waals surface area contributed by atoms with Gasteiger partial charge in [-0.3, -0.25) is 4.99 Å². The molecule has 4 nitrogen and oxygen atoms in total. The topological polar surface area (TPSA) is 76.4 Å². The molecule has 0 saturated heterocycles. The van der Waals surface area contributed by atoms with Crippen LogP contribution in [-0.4, -0.2) is 12.5 Å². The molecule has 0 fully saturated rings. The Bertz CT molecular complexity index is 392. The van der Waals surface area contributed by atoms with Crippen LogP contribution in [-0.2, 0) is 0 Å². The first-order chi connectivity index (χ1) is 7.56. The second kappa shape index (κ2) is 9.03. The molecule has 6 heteroatoms. The first-order valence-corrected chi connectivity index (χ1v) is 5.48. The number of nitrogens with zero attached hydrogens (tertiary/aromatic N) is 1. The van der Waals surface area contributed by atoms with Crippen LogP contribution in [0, 0.1) is 6.92 Å². The van der Waals surface area contributed by atoms with E-state index in [1.54, 1.807) is 0 Å². The molecule has 0 heterocycles. The zero-order valence-electron chi connectivity index (χ0n) is 10.9. The molecule has 0 aliphatic heterocycles. The maximum atomic E-state index is 5.88. The van der Waals surface area contributed by atoms with Crippen LogP contribution in [0.2, 0.25) is 0 Å². The summed E-state index contributed by atoms with van der Waals surface area (Å²) in [4.78, 5) is 4.09. The number of anilines is 1. The molecule has 0 spiro atoms. The maximum Gasteiger partial charge on any atom is 0.193 e. The van der Waals surface area contributed by atoms with Gasteiger partial charge in [0.25, 0.3) is 0 Å². The van der Waals surface area contributed by atoms with E-state index in [0.717, 1.165) is 16.8 Å². The van der Waals surface area contributed by atoms with Crippen molar-refractivity contribution in [2.24, 2.45) is 16.5 Å². The van der Waals surface area contributed by atoms with E-state index in [2.05, 4.69) is 10.3 Å². The predicted octanol–water partition coefficient (Wildman–Crippen LogP) is 2.60. The minimum atomic E-state index is 0. The largest absolute Gasteiger partial charge is 0.370 e. The van der Waals surface area contributed by atoms with Crippen molar-refractivity contribution >= 4 is 36.5 Å². The minimum absolute atomic E-state index is 0. The summed E-state index contributed by atoms with van der Waals surface area (Å²) >= 11 is 0. The molecule has 0 aliphatic carbocycles. The quantitative estimate of drug-likeness (QED) is 0.592. The fraction of sp³-hybridized carbons (Fsp3) is 0.417. The first-order valence-electron chi connectivity index (χ1n) is 5.48. The standard InChI is InChI=1S/C12H20N4.2ClH/c1-4-15-12(14)16-11-7-5-6-10(8(11)2)9(3)13;;/h5-7,9H,4,13H2,1-3H3,(H3,14,15,16);2*1H. The van der Waals surface area contributed by atoms with Crippen LogP contribution in [0.3, 0.4) is 0 Å². The van der Waals surface area contributed by atoms with Crippen molar-refractivity contribution < 1.29 is 0 Å². The fourth-order valence-electron chi connectivity index (χ4n) is 1.63. The van der Waals surface area contributed by atoms with E-state index in [0.29, 0.717) is 12.5 Å². The normalized spacial score (nSPS) is 12.1. The third kappa shape index (κ3) is 5.12. The maximum absolute atomic E-state index is 5.88. The lowest BCUT2D eigenvalue weighted by Crippen LogP contribution is -2.23. The molecule has 104 valence electrons. The highest BCUT2D eigenvalue weighted by molar-refractivity contribution is 5.93. The molecule has 5 N–H and O–H groups in total. The van der Waals surface area contributed by atoms with Gasteiger partial charge in [-0.2, -0.15) is 0 Å². The summed E-state index contributed by atoms with van der Waals surface area (Å²) in [5, 5.41) is 3.08. The summed E-state index contributed by atoms with van der Waals surface area (Å²) in [5.74, 6) is 0.437. The third-order valence-electron chi connectivity index (χ3n) is 2.46. The molecule has 1 rings (SSSR count). The van der Waals surface area contributed by atoms with E-state index in [4.69, 9.17) is 11.5 Å². The number of hydrogen-bond acceptors (Lipinski definition) is 2. The third-order valence-corrected chi connectivity index (χ3v) is 2.46. The highest BCUT2D eigenvalue weighted by atomic mass is 35.5. The van der Waals surface area contributed by atoms with E-state index >= 15 is 0 Å². The summed E-state index contributed by atoms with van der Waals surface area (Å²) in [7, 11) is 0. The van der Waals surface area contributed by atoms with Crippen molar-refractivity contribution in [1.82, 2.24) is 0 Å². The van der Waals surface area contributed by atoms with Gasteiger partial charge >= 0.3 is 0 Å². The SMILES string of the molecule is CCN=C(N)Nc1cccc(C(C)N)c1C.Cl.Cl. The van der Waals surface area contributed by atoms with Crippen LogP contribution in [0.15, 0.2) is 23.2 Å². The van der Waals surface area contributed by atoms with Gasteiger partial charge in [0.2, 0.25) is 0 Å². The van der Waals surface area contributed by atoms with Gasteiger partial charge in [-0.25, -0.2) is 0 Å². The highest BCUT2D eigenvalue weighted by Crippen LogP contribution is 2.22. The number of nitrogens with two attached hydrogens (primary N) is 2. The zero-order chi connectivity index (χ0) is 12.1.